The summed E-state index contributed by atoms with van der Waals surface area (Å²) in [7, 11) is 2.96. The van der Waals surface area contributed by atoms with Gasteiger partial charge < -0.3 is 60.1 Å². The number of allylic oxidation sites excluding steroid dienone is 4. The van der Waals surface area contributed by atoms with Crippen molar-refractivity contribution in [3.05, 3.63) is 113 Å². The molecule has 0 spiro atoms. The van der Waals surface area contributed by atoms with Crippen molar-refractivity contribution in [2.75, 3.05) is 37.7 Å². The summed E-state index contributed by atoms with van der Waals surface area (Å²) in [5, 5.41) is 28.7. The molecule has 18 nitrogen and oxygen atoms in total. The van der Waals surface area contributed by atoms with E-state index in [-0.39, 0.29) is 61.0 Å². The molecule has 4 aliphatic rings. The summed E-state index contributed by atoms with van der Waals surface area (Å²) < 4.78 is 29.5. The molecule has 6 N–H and O–H groups in total. The Bertz CT molecular complexity index is 2570. The number of carbonyl (C=O) groups is 4. The van der Waals surface area contributed by atoms with Gasteiger partial charge in [-0.15, -0.1) is 0 Å². The van der Waals surface area contributed by atoms with Crippen LogP contribution in [-0.2, 0) is 20.9 Å². The van der Waals surface area contributed by atoms with Gasteiger partial charge in [-0.05, 0) is 80.5 Å². The minimum Gasteiger partial charge on any atom is -0.493 e. The zero-order valence-electron chi connectivity index (χ0n) is 39.9. The molecule has 3 aromatic carbocycles. The number of anilines is 2. The Kier molecular flexibility index (Phi) is 15.8. The number of hydrogen-bond acceptors (Lipinski definition) is 14. The number of nitrogens with two attached hydrogens (primary N) is 1. The Morgan fingerprint density at radius 2 is 1.52 bits per heavy atom. The average Bonchev–Trinajstić information content (AvgIpc) is 3.91. The van der Waals surface area contributed by atoms with E-state index < -0.39 is 54.4 Å². The summed E-state index contributed by atoms with van der Waals surface area (Å²) in [6, 6.07) is 10.5. The van der Waals surface area contributed by atoms with Gasteiger partial charge in [0.25, 0.3) is 5.91 Å². The van der Waals surface area contributed by atoms with Crippen LogP contribution in [-0.4, -0.2) is 108 Å². The van der Waals surface area contributed by atoms with E-state index >= 15 is 0 Å². The van der Waals surface area contributed by atoms with Crippen molar-refractivity contribution in [3.8, 4) is 23.0 Å². The Hall–Kier alpha value is -7.15. The number of aliphatic hydroxyl groups is 2. The Balaban J connectivity index is 1.04. The van der Waals surface area contributed by atoms with Crippen LogP contribution in [0.25, 0.3) is 0 Å². The molecule has 0 saturated carbocycles. The van der Waals surface area contributed by atoms with E-state index in [4.69, 9.17) is 34.4 Å². The van der Waals surface area contributed by atoms with E-state index in [2.05, 4.69) is 10.6 Å². The van der Waals surface area contributed by atoms with Gasteiger partial charge in [-0.25, -0.2) is 9.69 Å². The molecule has 0 radical (unpaired) electrons. The summed E-state index contributed by atoms with van der Waals surface area (Å²) in [4.78, 5) is 62.7. The van der Waals surface area contributed by atoms with Crippen LogP contribution in [0.5, 0.6) is 23.0 Å². The second-order valence-corrected chi connectivity index (χ2v) is 17.4. The molecule has 6 atom stereocenters. The van der Waals surface area contributed by atoms with Crippen molar-refractivity contribution < 1.29 is 53.1 Å². The summed E-state index contributed by atoms with van der Waals surface area (Å²) in [6.07, 6.45) is 11.1. The normalized spacial score (nSPS) is 20.3. The van der Waals surface area contributed by atoms with Gasteiger partial charge in [-0.2, -0.15) is 0 Å². The number of benzene rings is 3. The van der Waals surface area contributed by atoms with Gasteiger partial charge in [0, 0.05) is 48.4 Å². The summed E-state index contributed by atoms with van der Waals surface area (Å²) >= 11 is 0. The van der Waals surface area contributed by atoms with Crippen LogP contribution >= 0.6 is 0 Å². The van der Waals surface area contributed by atoms with Crippen LogP contribution < -0.4 is 40.2 Å². The van der Waals surface area contributed by atoms with Crippen LogP contribution in [0, 0.1) is 5.92 Å². The van der Waals surface area contributed by atoms with Crippen molar-refractivity contribution >= 4 is 47.1 Å². The molecule has 7 rings (SSSR count). The van der Waals surface area contributed by atoms with Crippen molar-refractivity contribution in [1.82, 2.24) is 15.1 Å². The number of nitrogens with one attached hydrogen (secondary N) is 2. The Morgan fingerprint density at radius 3 is 2.17 bits per heavy atom. The van der Waals surface area contributed by atoms with Gasteiger partial charge in [-0.3, -0.25) is 19.4 Å². The molecule has 366 valence electrons. The van der Waals surface area contributed by atoms with Crippen LogP contribution in [0.1, 0.15) is 81.6 Å². The molecular formula is C51H61N7O11. The van der Waals surface area contributed by atoms with E-state index in [1.54, 1.807) is 49.5 Å². The highest BCUT2D eigenvalue weighted by Crippen LogP contribution is 2.44. The number of nitrogens with zero attached hydrogens (tertiary/aromatic N) is 4. The lowest BCUT2D eigenvalue weighted by Crippen LogP contribution is -2.50. The minimum atomic E-state index is -1.53. The fraction of sp³-hybridized carbons (Fsp3) is 0.392. The standard InChI is InChI=1S/C51H61N7O11/c1-8-11-32-19-35-25-53-38-23-43(41(65-6)21-36(38)48(61)56(35)26-32)67-17-10-18-68-44-24-39-37(22-42(44)66-7)49(62)57-27-33(12-9-2)20-40(57)50(63)58(39)51(64)69-28-31-13-15-34(16-14-31)55-46(59)30(5)54-47(60)45(52)29(3)4/h8-9,11-16,21-27,29-30,35,40,45,48,50,61,63H,10,17-20,28,52H2,1-7H3,(H,54,60)(H,55,59)/b11-8+,12-9+/t30-,35-,40-,45-,48?,50-/m0/s1. The van der Waals surface area contributed by atoms with E-state index in [1.807, 2.05) is 69.3 Å². The number of carbonyl (C=O) groups excluding carboxylic acids is 4. The third-order valence-corrected chi connectivity index (χ3v) is 12.2. The molecule has 1 unspecified atom stereocenters. The van der Waals surface area contributed by atoms with Gasteiger partial charge in [0.1, 0.15) is 12.6 Å². The number of amides is 4. The molecule has 0 aromatic heterocycles. The first-order chi connectivity index (χ1) is 33.1. The van der Waals surface area contributed by atoms with E-state index in [1.165, 1.54) is 31.3 Å². The number of aliphatic hydroxyl groups excluding tert-OH is 2. The molecule has 0 saturated heterocycles. The summed E-state index contributed by atoms with van der Waals surface area (Å²) in [6.45, 7) is 9.09. The maximum Gasteiger partial charge on any atom is 0.416 e. The number of methoxy groups -OCH3 is 2. The molecule has 18 heteroatoms. The van der Waals surface area contributed by atoms with Crippen molar-refractivity contribution in [3.63, 3.8) is 0 Å². The van der Waals surface area contributed by atoms with Crippen LogP contribution in [0.15, 0.2) is 101 Å². The van der Waals surface area contributed by atoms with Crippen LogP contribution in [0.2, 0.25) is 0 Å². The summed E-state index contributed by atoms with van der Waals surface area (Å²) in [5.41, 5.74) is 10.1. The highest BCUT2D eigenvalue weighted by atomic mass is 16.6. The second-order valence-electron chi connectivity index (χ2n) is 17.4. The maximum absolute atomic E-state index is 14.3. The molecule has 0 bridgehead atoms. The number of fused-ring (bicyclic) bond motifs is 4. The first-order valence-corrected chi connectivity index (χ1v) is 22.9. The highest BCUT2D eigenvalue weighted by Gasteiger charge is 2.45. The number of ether oxygens (including phenoxy) is 5. The topological polar surface area (TPSA) is 227 Å². The van der Waals surface area contributed by atoms with E-state index in [9.17, 15) is 29.4 Å². The van der Waals surface area contributed by atoms with Crippen molar-refractivity contribution in [1.29, 1.82) is 0 Å². The van der Waals surface area contributed by atoms with E-state index in [0.717, 1.165) is 22.5 Å². The van der Waals surface area contributed by atoms with Crippen LogP contribution in [0.4, 0.5) is 21.9 Å². The molecule has 0 aliphatic carbocycles. The molecular weight excluding hydrogens is 887 g/mol. The maximum atomic E-state index is 14.3. The lowest BCUT2D eigenvalue weighted by atomic mass is 10.0. The lowest BCUT2D eigenvalue weighted by molar-refractivity contribution is -0.127. The zero-order chi connectivity index (χ0) is 49.5. The second kappa shape index (κ2) is 21.9. The number of hydrogen-bond donors (Lipinski definition) is 5. The highest BCUT2D eigenvalue weighted by molar-refractivity contribution is 6.06. The largest absolute Gasteiger partial charge is 0.493 e. The van der Waals surface area contributed by atoms with Crippen molar-refractivity contribution in [2.45, 2.75) is 97.1 Å². The summed E-state index contributed by atoms with van der Waals surface area (Å²) in [5.74, 6) is -0.143. The van der Waals surface area contributed by atoms with Crippen LogP contribution in [0.3, 0.4) is 0 Å². The molecule has 3 aromatic rings. The van der Waals surface area contributed by atoms with Gasteiger partial charge in [0.2, 0.25) is 11.8 Å². The smallest absolute Gasteiger partial charge is 0.416 e. The average molecular weight is 948 g/mol. The molecule has 4 amide bonds. The SMILES string of the molecule is C/C=C/C1=CN2C(O)c3cc(OC)c(OCCCOc4cc5c(cc4OC)C(=O)N4C=C(/C=C/C)C[C@H]4[C@H](O)N5C(=O)OCc4ccc(NC(=O)[C@H](C)NC(=O)[C@@H](N)C(C)C)cc4)cc3N=C[C@@H]2C1. The molecule has 69 heavy (non-hydrogen) atoms. The quantitative estimate of drug-likeness (QED) is 0.0929. The Morgan fingerprint density at radius 1 is 0.870 bits per heavy atom. The first-order valence-electron chi connectivity index (χ1n) is 22.9. The minimum absolute atomic E-state index is 0.0556. The molecule has 4 aliphatic heterocycles. The third-order valence-electron chi connectivity index (χ3n) is 12.2. The molecule has 0 fully saturated rings. The third kappa shape index (κ3) is 10.9. The van der Waals surface area contributed by atoms with Gasteiger partial charge >= 0.3 is 6.09 Å². The fourth-order valence-corrected chi connectivity index (χ4v) is 8.43. The zero-order valence-corrected chi connectivity index (χ0v) is 39.9. The fourth-order valence-electron chi connectivity index (χ4n) is 8.43. The van der Waals surface area contributed by atoms with Gasteiger partial charge in [-0.1, -0.05) is 50.3 Å². The first kappa shape index (κ1) is 49.7. The predicted octanol–water partition coefficient (Wildman–Crippen LogP) is 6.37. The number of rotatable bonds is 17. The monoisotopic (exact) mass is 947 g/mol. The van der Waals surface area contributed by atoms with E-state index in [0.29, 0.717) is 40.4 Å². The number of aliphatic imine (C=N–C) groups is 1. The van der Waals surface area contributed by atoms with Crippen molar-refractivity contribution in [2.24, 2.45) is 16.6 Å². The van der Waals surface area contributed by atoms with Gasteiger partial charge in [0.05, 0.1) is 62.5 Å². The Labute approximate surface area is 401 Å². The predicted molar refractivity (Wildman–Crippen MR) is 259 cm³/mol. The molecule has 4 heterocycles. The lowest BCUT2D eigenvalue weighted by Gasteiger charge is -2.31. The van der Waals surface area contributed by atoms with Gasteiger partial charge in [0.15, 0.2) is 35.5 Å².